The third kappa shape index (κ3) is 4.25. The SMILES string of the molecule is Fc1ccc(OCc2cccc(CNC3CC3)n2)cc1Br. The van der Waals surface area contributed by atoms with E-state index in [-0.39, 0.29) is 5.82 Å². The second-order valence-corrected chi connectivity index (χ2v) is 5.99. The van der Waals surface area contributed by atoms with Gasteiger partial charge in [-0.25, -0.2) is 4.39 Å². The van der Waals surface area contributed by atoms with Crippen LogP contribution in [-0.2, 0) is 13.2 Å². The first-order valence-corrected chi connectivity index (χ1v) is 7.76. The monoisotopic (exact) mass is 350 g/mol. The van der Waals surface area contributed by atoms with Gasteiger partial charge >= 0.3 is 0 Å². The van der Waals surface area contributed by atoms with Crippen molar-refractivity contribution in [2.75, 3.05) is 0 Å². The molecule has 5 heteroatoms. The fourth-order valence-electron chi connectivity index (χ4n) is 1.97. The number of nitrogens with one attached hydrogen (secondary N) is 1. The zero-order valence-electron chi connectivity index (χ0n) is 11.5. The maximum absolute atomic E-state index is 13.1. The highest BCUT2D eigenvalue weighted by Gasteiger charge is 2.20. The molecule has 0 radical (unpaired) electrons. The van der Waals surface area contributed by atoms with Crippen LogP contribution < -0.4 is 10.1 Å². The summed E-state index contributed by atoms with van der Waals surface area (Å²) in [6.45, 7) is 1.16. The van der Waals surface area contributed by atoms with Crippen LogP contribution >= 0.6 is 15.9 Å². The molecule has 1 fully saturated rings. The summed E-state index contributed by atoms with van der Waals surface area (Å²) in [6.07, 6.45) is 2.53. The quantitative estimate of drug-likeness (QED) is 0.859. The van der Waals surface area contributed by atoms with Crippen molar-refractivity contribution in [3.63, 3.8) is 0 Å². The van der Waals surface area contributed by atoms with E-state index >= 15 is 0 Å². The van der Waals surface area contributed by atoms with Crippen molar-refractivity contribution < 1.29 is 9.13 Å². The lowest BCUT2D eigenvalue weighted by molar-refractivity contribution is 0.300. The Balaban J connectivity index is 1.58. The Bertz CT molecular complexity index is 631. The zero-order valence-corrected chi connectivity index (χ0v) is 13.1. The van der Waals surface area contributed by atoms with E-state index in [0.29, 0.717) is 22.9 Å². The Labute approximate surface area is 131 Å². The summed E-state index contributed by atoms with van der Waals surface area (Å²) >= 11 is 3.14. The van der Waals surface area contributed by atoms with Crippen molar-refractivity contribution in [1.82, 2.24) is 10.3 Å². The van der Waals surface area contributed by atoms with Gasteiger partial charge in [-0.05, 0) is 59.1 Å². The molecule has 1 aromatic heterocycles. The van der Waals surface area contributed by atoms with Crippen LogP contribution in [0.15, 0.2) is 40.9 Å². The standard InChI is InChI=1S/C16H16BrFN2O/c17-15-8-14(6-7-16(15)18)21-10-13-3-1-2-12(20-13)9-19-11-4-5-11/h1-3,6-8,11,19H,4-5,9-10H2. The van der Waals surface area contributed by atoms with Crippen LogP contribution in [0.5, 0.6) is 5.75 Å². The van der Waals surface area contributed by atoms with Gasteiger partial charge in [0, 0.05) is 12.6 Å². The molecule has 0 spiro atoms. The van der Waals surface area contributed by atoms with Crippen LogP contribution in [0.2, 0.25) is 0 Å². The van der Waals surface area contributed by atoms with E-state index in [4.69, 9.17) is 4.74 Å². The topological polar surface area (TPSA) is 34.1 Å². The van der Waals surface area contributed by atoms with Gasteiger partial charge in [0.05, 0.1) is 15.9 Å². The number of nitrogens with zero attached hydrogens (tertiary/aromatic N) is 1. The van der Waals surface area contributed by atoms with E-state index in [1.807, 2.05) is 18.2 Å². The minimum atomic E-state index is -0.298. The smallest absolute Gasteiger partial charge is 0.137 e. The molecule has 3 rings (SSSR count). The third-order valence-electron chi connectivity index (χ3n) is 3.29. The van der Waals surface area contributed by atoms with Crippen LogP contribution in [-0.4, -0.2) is 11.0 Å². The lowest BCUT2D eigenvalue weighted by atomic mass is 10.3. The van der Waals surface area contributed by atoms with Gasteiger partial charge < -0.3 is 10.1 Å². The van der Waals surface area contributed by atoms with Crippen molar-refractivity contribution in [2.24, 2.45) is 0 Å². The van der Waals surface area contributed by atoms with Crippen molar-refractivity contribution >= 4 is 15.9 Å². The highest BCUT2D eigenvalue weighted by Crippen LogP contribution is 2.22. The number of hydrogen-bond donors (Lipinski definition) is 1. The van der Waals surface area contributed by atoms with Gasteiger partial charge in [0.2, 0.25) is 0 Å². The zero-order chi connectivity index (χ0) is 14.7. The fraction of sp³-hybridized carbons (Fsp3) is 0.312. The van der Waals surface area contributed by atoms with E-state index in [0.717, 1.165) is 17.9 Å². The molecule has 0 aliphatic heterocycles. The van der Waals surface area contributed by atoms with Gasteiger partial charge in [0.1, 0.15) is 18.2 Å². The molecule has 1 aromatic carbocycles. The van der Waals surface area contributed by atoms with E-state index < -0.39 is 0 Å². The molecule has 110 valence electrons. The van der Waals surface area contributed by atoms with E-state index in [2.05, 4.69) is 26.2 Å². The summed E-state index contributed by atoms with van der Waals surface area (Å²) in [4.78, 5) is 4.55. The molecule has 1 aliphatic carbocycles. The summed E-state index contributed by atoms with van der Waals surface area (Å²) in [5.41, 5.74) is 1.88. The molecule has 1 aliphatic rings. The molecule has 0 unspecified atom stereocenters. The Hall–Kier alpha value is -1.46. The van der Waals surface area contributed by atoms with Gasteiger partial charge in [0.15, 0.2) is 0 Å². The molecule has 1 saturated carbocycles. The molecule has 21 heavy (non-hydrogen) atoms. The van der Waals surface area contributed by atoms with Gasteiger partial charge in [-0.15, -0.1) is 0 Å². The highest BCUT2D eigenvalue weighted by atomic mass is 79.9. The maximum Gasteiger partial charge on any atom is 0.137 e. The lowest BCUT2D eigenvalue weighted by Gasteiger charge is -2.08. The Morgan fingerprint density at radius 3 is 2.81 bits per heavy atom. The molecule has 1 N–H and O–H groups in total. The van der Waals surface area contributed by atoms with Gasteiger partial charge in [-0.1, -0.05) is 6.07 Å². The number of benzene rings is 1. The average Bonchev–Trinajstić information content (AvgIpc) is 3.31. The second kappa shape index (κ2) is 6.54. The molecule has 0 amide bonds. The number of ether oxygens (including phenoxy) is 1. The Morgan fingerprint density at radius 2 is 2.05 bits per heavy atom. The molecule has 2 aromatic rings. The summed E-state index contributed by atoms with van der Waals surface area (Å²) in [5.74, 6) is 0.320. The molecular weight excluding hydrogens is 335 g/mol. The number of aromatic nitrogens is 1. The molecule has 0 bridgehead atoms. The van der Waals surface area contributed by atoms with Crippen LogP contribution in [0.3, 0.4) is 0 Å². The van der Waals surface area contributed by atoms with Crippen molar-refractivity contribution in [1.29, 1.82) is 0 Å². The highest BCUT2D eigenvalue weighted by molar-refractivity contribution is 9.10. The molecule has 1 heterocycles. The van der Waals surface area contributed by atoms with Crippen molar-refractivity contribution in [3.05, 3.63) is 58.1 Å². The molecule has 0 saturated heterocycles. The molecule has 0 atom stereocenters. The molecule has 3 nitrogen and oxygen atoms in total. The minimum Gasteiger partial charge on any atom is -0.487 e. The number of pyridine rings is 1. The fourth-order valence-corrected chi connectivity index (χ4v) is 2.33. The second-order valence-electron chi connectivity index (χ2n) is 5.14. The number of hydrogen-bond acceptors (Lipinski definition) is 3. The normalized spacial score (nSPS) is 14.2. The predicted molar refractivity (Wildman–Crippen MR) is 82.5 cm³/mol. The van der Waals surface area contributed by atoms with Gasteiger partial charge in [-0.2, -0.15) is 0 Å². The van der Waals surface area contributed by atoms with Gasteiger partial charge in [0.25, 0.3) is 0 Å². The average molecular weight is 351 g/mol. The summed E-state index contributed by atoms with van der Waals surface area (Å²) < 4.78 is 19.2. The summed E-state index contributed by atoms with van der Waals surface area (Å²) in [6, 6.07) is 11.2. The van der Waals surface area contributed by atoms with E-state index in [1.165, 1.54) is 18.9 Å². The van der Waals surface area contributed by atoms with Crippen molar-refractivity contribution in [2.45, 2.75) is 32.0 Å². The van der Waals surface area contributed by atoms with Crippen LogP contribution in [0.4, 0.5) is 4.39 Å². The first-order valence-electron chi connectivity index (χ1n) is 6.97. The maximum atomic E-state index is 13.1. The van der Waals surface area contributed by atoms with Gasteiger partial charge in [-0.3, -0.25) is 4.98 Å². The Kier molecular flexibility index (Phi) is 4.51. The van der Waals surface area contributed by atoms with E-state index in [9.17, 15) is 4.39 Å². The molecular formula is C16H16BrFN2O. The van der Waals surface area contributed by atoms with Crippen LogP contribution in [0.25, 0.3) is 0 Å². The Morgan fingerprint density at radius 1 is 1.24 bits per heavy atom. The largest absolute Gasteiger partial charge is 0.487 e. The summed E-state index contributed by atoms with van der Waals surface area (Å²) in [5, 5.41) is 3.44. The number of halogens is 2. The van der Waals surface area contributed by atoms with Crippen molar-refractivity contribution in [3.8, 4) is 5.75 Å². The first-order chi connectivity index (χ1) is 10.2. The summed E-state index contributed by atoms with van der Waals surface area (Å²) in [7, 11) is 0. The minimum absolute atomic E-state index is 0.298. The third-order valence-corrected chi connectivity index (χ3v) is 3.90. The van der Waals surface area contributed by atoms with Crippen LogP contribution in [0, 0.1) is 5.82 Å². The van der Waals surface area contributed by atoms with E-state index in [1.54, 1.807) is 12.1 Å². The lowest BCUT2D eigenvalue weighted by Crippen LogP contribution is -2.16. The van der Waals surface area contributed by atoms with Crippen LogP contribution in [0.1, 0.15) is 24.2 Å². The first kappa shape index (κ1) is 14.5. The predicted octanol–water partition coefficient (Wildman–Crippen LogP) is 3.81. The number of rotatable bonds is 6.